The highest BCUT2D eigenvalue weighted by molar-refractivity contribution is 14.1. The van der Waals surface area contributed by atoms with Gasteiger partial charge in [-0.15, -0.1) is 0 Å². The number of carbonyl (C=O) groups excluding carboxylic acids is 1. The molecule has 0 atom stereocenters. The van der Waals surface area contributed by atoms with Gasteiger partial charge in [0.25, 0.3) is 5.91 Å². The smallest absolute Gasteiger partial charge is 0.351 e. The minimum absolute atomic E-state index is 0.306. The van der Waals surface area contributed by atoms with Gasteiger partial charge >= 0.3 is 5.25 Å². The molecule has 1 rings (SSSR count). The van der Waals surface area contributed by atoms with E-state index < -0.39 is 33.6 Å². The number of phenols is 1. The van der Waals surface area contributed by atoms with Crippen LogP contribution in [0.2, 0.25) is 0 Å². The van der Waals surface area contributed by atoms with E-state index in [4.69, 9.17) is 0 Å². The van der Waals surface area contributed by atoms with Gasteiger partial charge < -0.3 is 15.0 Å². The number of carbonyl (C=O) groups is 1. The van der Waals surface area contributed by atoms with Crippen molar-refractivity contribution in [3.63, 3.8) is 0 Å². The number of phenolic OH excluding ortho intramolecular Hbond substituents is 1. The number of alkyl halides is 2. The van der Waals surface area contributed by atoms with Crippen LogP contribution in [0.5, 0.6) is 5.75 Å². The van der Waals surface area contributed by atoms with Crippen LogP contribution in [0.1, 0.15) is 10.4 Å². The lowest BCUT2D eigenvalue weighted by Gasteiger charge is -2.20. The van der Waals surface area contributed by atoms with Crippen LogP contribution >= 0.6 is 22.6 Å². The van der Waals surface area contributed by atoms with Crippen molar-refractivity contribution in [1.29, 1.82) is 0 Å². The van der Waals surface area contributed by atoms with Crippen molar-refractivity contribution >= 4 is 38.6 Å². The van der Waals surface area contributed by atoms with Gasteiger partial charge in [-0.25, -0.2) is 8.42 Å². The number of benzene rings is 1. The number of nitrogens with one attached hydrogen (secondary N) is 1. The molecule has 106 valence electrons. The van der Waals surface area contributed by atoms with Gasteiger partial charge in [0.05, 0.1) is 12.1 Å². The summed E-state index contributed by atoms with van der Waals surface area (Å²) in [6.45, 7) is -1.66. The van der Waals surface area contributed by atoms with Gasteiger partial charge in [0, 0.05) is 3.57 Å². The van der Waals surface area contributed by atoms with Crippen molar-refractivity contribution in [2.75, 3.05) is 6.54 Å². The molecule has 1 aromatic carbocycles. The lowest BCUT2D eigenvalue weighted by molar-refractivity contribution is 0.0690. The Morgan fingerprint density at radius 1 is 1.47 bits per heavy atom. The van der Waals surface area contributed by atoms with Gasteiger partial charge in [-0.1, -0.05) is 0 Å². The molecule has 0 radical (unpaired) electrons. The van der Waals surface area contributed by atoms with E-state index in [-0.39, 0.29) is 5.56 Å². The van der Waals surface area contributed by atoms with E-state index in [0.29, 0.717) is 3.57 Å². The molecule has 0 aromatic heterocycles. The Morgan fingerprint density at radius 3 is 2.53 bits per heavy atom. The van der Waals surface area contributed by atoms with E-state index in [2.05, 4.69) is 0 Å². The van der Waals surface area contributed by atoms with E-state index in [0.717, 1.165) is 0 Å². The van der Waals surface area contributed by atoms with Crippen LogP contribution in [0.3, 0.4) is 0 Å². The van der Waals surface area contributed by atoms with Crippen LogP contribution in [0.25, 0.3) is 0 Å². The van der Waals surface area contributed by atoms with Gasteiger partial charge in [0.2, 0.25) is 0 Å². The van der Waals surface area contributed by atoms with Gasteiger partial charge in [0.1, 0.15) is 5.75 Å². The topological polar surface area (TPSA) is 107 Å². The summed E-state index contributed by atoms with van der Waals surface area (Å²) in [6.07, 6.45) is 0. The monoisotopic (exact) mass is 406 g/mol. The average molecular weight is 406 g/mol. The molecule has 0 spiro atoms. The molecule has 0 saturated heterocycles. The third-order valence-corrected chi connectivity index (χ3v) is 3.57. The van der Waals surface area contributed by atoms with E-state index in [1.165, 1.54) is 18.2 Å². The molecule has 19 heavy (non-hydrogen) atoms. The lowest BCUT2D eigenvalue weighted by atomic mass is 10.2. The second-order valence-corrected chi connectivity index (χ2v) is 6.19. The second-order valence-electron chi connectivity index (χ2n) is 3.44. The largest absolute Gasteiger partial charge is 0.743 e. The molecular weight excluding hydrogens is 399 g/mol. The molecule has 0 aliphatic rings. The first-order valence-corrected chi connectivity index (χ1v) is 7.13. The molecule has 6 nitrogen and oxygen atoms in total. The molecule has 0 aliphatic carbocycles. The summed E-state index contributed by atoms with van der Waals surface area (Å²) in [5.41, 5.74) is -0.306. The van der Waals surface area contributed by atoms with Crippen molar-refractivity contribution < 1.29 is 31.7 Å². The molecule has 0 aliphatic heterocycles. The number of halogens is 3. The molecule has 0 unspecified atom stereocenters. The van der Waals surface area contributed by atoms with Crippen LogP contribution in [-0.4, -0.2) is 35.8 Å². The summed E-state index contributed by atoms with van der Waals surface area (Å²) in [5.74, 6) is -1.56. The minimum atomic E-state index is -5.86. The Labute approximate surface area is 120 Å². The predicted molar refractivity (Wildman–Crippen MR) is 67.8 cm³/mol. The number of hydrogen-bond acceptors (Lipinski definition) is 5. The van der Waals surface area contributed by atoms with Crippen LogP contribution in [0.15, 0.2) is 18.2 Å². The maximum atomic E-state index is 12.8. The third kappa shape index (κ3) is 3.98. The number of rotatable bonds is 4. The van der Waals surface area contributed by atoms with Crippen molar-refractivity contribution in [3.8, 4) is 5.75 Å². The van der Waals surface area contributed by atoms with Crippen molar-refractivity contribution in [2.45, 2.75) is 5.25 Å². The molecule has 10 heteroatoms. The first-order chi connectivity index (χ1) is 8.54. The normalized spacial score (nSPS) is 12.2. The Hall–Kier alpha value is -1.01. The van der Waals surface area contributed by atoms with Gasteiger partial charge in [-0.3, -0.25) is 4.79 Å². The zero-order chi connectivity index (χ0) is 14.8. The van der Waals surface area contributed by atoms with Crippen molar-refractivity contribution in [2.24, 2.45) is 0 Å². The number of hydrogen-bond donors (Lipinski definition) is 2. The highest BCUT2D eigenvalue weighted by Gasteiger charge is 2.38. The highest BCUT2D eigenvalue weighted by Crippen LogP contribution is 2.22. The zero-order valence-electron chi connectivity index (χ0n) is 9.06. The zero-order valence-corrected chi connectivity index (χ0v) is 12.0. The summed E-state index contributed by atoms with van der Waals surface area (Å²) in [5, 5.41) is 6.38. The fourth-order valence-corrected chi connectivity index (χ4v) is 1.79. The Balaban J connectivity index is 2.82. The molecule has 0 heterocycles. The van der Waals surface area contributed by atoms with E-state index in [1.807, 2.05) is 22.6 Å². The van der Waals surface area contributed by atoms with E-state index in [9.17, 15) is 31.7 Å². The Bertz CT molecular complexity index is 605. The standard InChI is InChI=1S/C9H8F2INO5S/c10-9(11,19(16,17)18)4-13-8(15)6-2-1-5(12)3-7(6)14/h1-3,14H,4H2,(H,13,15)(H,16,17,18)/p-1. The molecule has 0 saturated carbocycles. The Morgan fingerprint density at radius 2 is 2.05 bits per heavy atom. The summed E-state index contributed by atoms with van der Waals surface area (Å²) in [7, 11) is -5.86. The highest BCUT2D eigenvalue weighted by atomic mass is 127. The fraction of sp³-hybridized carbons (Fsp3) is 0.222. The fourth-order valence-electron chi connectivity index (χ4n) is 1.06. The molecule has 1 amide bonds. The molecule has 0 fully saturated rings. The maximum Gasteiger partial charge on any atom is 0.351 e. The summed E-state index contributed by atoms with van der Waals surface area (Å²) in [4.78, 5) is 11.4. The third-order valence-electron chi connectivity index (χ3n) is 2.02. The molecule has 2 N–H and O–H groups in total. The van der Waals surface area contributed by atoms with Crippen molar-refractivity contribution in [3.05, 3.63) is 27.3 Å². The Kier molecular flexibility index (Phi) is 4.68. The first kappa shape index (κ1) is 16.0. The van der Waals surface area contributed by atoms with Crippen LogP contribution in [0, 0.1) is 3.57 Å². The van der Waals surface area contributed by atoms with E-state index >= 15 is 0 Å². The van der Waals surface area contributed by atoms with E-state index in [1.54, 1.807) is 5.32 Å². The minimum Gasteiger partial charge on any atom is -0.743 e. The molecular formula is C9H7F2INO5S-. The first-order valence-electron chi connectivity index (χ1n) is 4.64. The average Bonchev–Trinajstić information content (AvgIpc) is 2.24. The van der Waals surface area contributed by atoms with Gasteiger partial charge in [-0.05, 0) is 40.8 Å². The summed E-state index contributed by atoms with van der Waals surface area (Å²) >= 11 is 1.86. The maximum absolute atomic E-state index is 12.8. The van der Waals surface area contributed by atoms with Gasteiger partial charge in [-0.2, -0.15) is 8.78 Å². The molecule has 0 bridgehead atoms. The van der Waals surface area contributed by atoms with Crippen LogP contribution < -0.4 is 5.32 Å². The van der Waals surface area contributed by atoms with Crippen molar-refractivity contribution in [1.82, 2.24) is 5.32 Å². The van der Waals surface area contributed by atoms with Crippen LogP contribution in [-0.2, 0) is 10.1 Å². The SMILES string of the molecule is O=C(NCC(F)(F)S(=O)(=O)[O-])c1ccc(I)cc1O. The summed E-state index contributed by atoms with van der Waals surface area (Å²) in [6, 6.07) is 3.84. The predicted octanol–water partition coefficient (Wildman–Crippen LogP) is 0.865. The quantitative estimate of drug-likeness (QED) is 0.570. The molecule has 1 aromatic rings. The number of aromatic hydroxyl groups is 1. The van der Waals surface area contributed by atoms with Gasteiger partial charge in [0.15, 0.2) is 10.1 Å². The summed E-state index contributed by atoms with van der Waals surface area (Å²) < 4.78 is 56.8. The second kappa shape index (κ2) is 5.54. The number of amides is 1. The van der Waals surface area contributed by atoms with Crippen LogP contribution in [0.4, 0.5) is 8.78 Å². The lowest BCUT2D eigenvalue weighted by Crippen LogP contribution is -2.42.